The molecule has 0 unspecified atom stereocenters. The minimum absolute atomic E-state index is 0.111. The molecule has 0 saturated carbocycles. The fraction of sp³-hybridized carbons (Fsp3) is 0.192. The third-order valence-electron chi connectivity index (χ3n) is 5.30. The lowest BCUT2D eigenvalue weighted by molar-refractivity contribution is -0.113. The van der Waals surface area contributed by atoms with E-state index in [9.17, 15) is 4.79 Å². The van der Waals surface area contributed by atoms with Crippen LogP contribution in [0.15, 0.2) is 71.9 Å². The Kier molecular flexibility index (Phi) is 7.18. The normalized spacial score (nSPS) is 10.7. The predicted octanol–water partition coefficient (Wildman–Crippen LogP) is 5.30. The molecule has 0 bridgehead atoms. The number of nitrogens with one attached hydrogen (secondary N) is 1. The van der Waals surface area contributed by atoms with Gasteiger partial charge in [-0.05, 0) is 61.9 Å². The molecule has 1 amide bonds. The zero-order valence-electron chi connectivity index (χ0n) is 19.5. The van der Waals surface area contributed by atoms with Crippen molar-refractivity contribution in [2.45, 2.75) is 19.0 Å². The third-order valence-corrected chi connectivity index (χ3v) is 6.23. The van der Waals surface area contributed by atoms with Gasteiger partial charge in [0.1, 0.15) is 11.5 Å². The van der Waals surface area contributed by atoms with Crippen LogP contribution >= 0.6 is 11.8 Å². The van der Waals surface area contributed by atoms with E-state index in [0.29, 0.717) is 16.7 Å². The largest absolute Gasteiger partial charge is 0.497 e. The minimum Gasteiger partial charge on any atom is -0.497 e. The molecule has 0 saturated heterocycles. The van der Waals surface area contributed by atoms with Crippen molar-refractivity contribution in [2.75, 3.05) is 25.3 Å². The van der Waals surface area contributed by atoms with E-state index in [-0.39, 0.29) is 11.7 Å². The van der Waals surface area contributed by atoms with Gasteiger partial charge in [0.25, 0.3) is 0 Å². The summed E-state index contributed by atoms with van der Waals surface area (Å²) in [5.41, 5.74) is 4.64. The standard InChI is InChI=1S/C26H26N4O3S/c1-17-9-14-22(18(2)15-17)27-24(31)16-34-26-29-28-25(21-7-5-6-8-23(21)33-4)30(26)19-10-12-20(32-3)13-11-19/h5-15H,16H2,1-4H3,(H,27,31). The van der Waals surface area contributed by atoms with Gasteiger partial charge in [0, 0.05) is 5.69 Å². The van der Waals surface area contributed by atoms with Gasteiger partial charge in [0.2, 0.25) is 5.91 Å². The number of thioether (sulfide) groups is 1. The molecular weight excluding hydrogens is 448 g/mol. The number of hydrogen-bond donors (Lipinski definition) is 1. The molecule has 0 atom stereocenters. The van der Waals surface area contributed by atoms with Crippen LogP contribution < -0.4 is 14.8 Å². The van der Waals surface area contributed by atoms with Crippen molar-refractivity contribution in [2.24, 2.45) is 0 Å². The van der Waals surface area contributed by atoms with Gasteiger partial charge in [0.05, 0.1) is 31.2 Å². The minimum atomic E-state index is -0.111. The molecular formula is C26H26N4O3S. The SMILES string of the molecule is COc1ccc(-n2c(SCC(=O)Nc3ccc(C)cc3C)nnc2-c2ccccc2OC)cc1. The second-order valence-corrected chi connectivity index (χ2v) is 8.64. The second kappa shape index (κ2) is 10.4. The van der Waals surface area contributed by atoms with Crippen molar-refractivity contribution in [1.29, 1.82) is 0 Å². The van der Waals surface area contributed by atoms with Crippen molar-refractivity contribution in [1.82, 2.24) is 14.8 Å². The molecule has 34 heavy (non-hydrogen) atoms. The van der Waals surface area contributed by atoms with E-state index >= 15 is 0 Å². The van der Waals surface area contributed by atoms with Crippen LogP contribution in [0.5, 0.6) is 11.5 Å². The van der Waals surface area contributed by atoms with E-state index in [0.717, 1.165) is 33.8 Å². The first kappa shape index (κ1) is 23.4. The highest BCUT2D eigenvalue weighted by Gasteiger charge is 2.20. The Bertz CT molecular complexity index is 1300. The van der Waals surface area contributed by atoms with Crippen molar-refractivity contribution in [3.05, 3.63) is 77.9 Å². The Morgan fingerprint density at radius 1 is 0.971 bits per heavy atom. The zero-order valence-corrected chi connectivity index (χ0v) is 20.3. The average molecular weight is 475 g/mol. The van der Waals surface area contributed by atoms with Crippen LogP contribution in [0, 0.1) is 13.8 Å². The highest BCUT2D eigenvalue weighted by Crippen LogP contribution is 2.33. The molecule has 3 aromatic carbocycles. The lowest BCUT2D eigenvalue weighted by Gasteiger charge is -2.13. The lowest BCUT2D eigenvalue weighted by atomic mass is 10.1. The number of benzene rings is 3. The van der Waals surface area contributed by atoms with Gasteiger partial charge in [-0.1, -0.05) is 41.6 Å². The number of ether oxygens (including phenoxy) is 2. The number of nitrogens with zero attached hydrogens (tertiary/aromatic N) is 3. The Hall–Kier alpha value is -3.78. The summed E-state index contributed by atoms with van der Waals surface area (Å²) in [5, 5.41) is 12.4. The number of rotatable bonds is 8. The number of anilines is 1. The van der Waals surface area contributed by atoms with Crippen LogP contribution in [0.4, 0.5) is 5.69 Å². The van der Waals surface area contributed by atoms with E-state index in [1.165, 1.54) is 11.8 Å². The molecule has 1 N–H and O–H groups in total. The van der Waals surface area contributed by atoms with E-state index in [2.05, 4.69) is 15.5 Å². The lowest BCUT2D eigenvalue weighted by Crippen LogP contribution is -2.15. The first-order valence-corrected chi connectivity index (χ1v) is 11.7. The summed E-state index contributed by atoms with van der Waals surface area (Å²) in [5.74, 6) is 2.14. The number of aryl methyl sites for hydroxylation is 2. The maximum absolute atomic E-state index is 12.7. The Morgan fingerprint density at radius 3 is 2.44 bits per heavy atom. The van der Waals surface area contributed by atoms with Crippen molar-refractivity contribution >= 4 is 23.4 Å². The summed E-state index contributed by atoms with van der Waals surface area (Å²) in [6, 6.07) is 21.2. The van der Waals surface area contributed by atoms with Crippen LogP contribution in [0.2, 0.25) is 0 Å². The van der Waals surface area contributed by atoms with Crippen molar-refractivity contribution < 1.29 is 14.3 Å². The van der Waals surface area contributed by atoms with E-state index in [1.54, 1.807) is 14.2 Å². The Balaban J connectivity index is 1.64. The zero-order chi connectivity index (χ0) is 24.1. The first-order chi connectivity index (χ1) is 16.5. The molecule has 7 nitrogen and oxygen atoms in total. The summed E-state index contributed by atoms with van der Waals surface area (Å²) in [4.78, 5) is 12.7. The molecule has 0 radical (unpaired) electrons. The molecule has 1 heterocycles. The van der Waals surface area contributed by atoms with Gasteiger partial charge < -0.3 is 14.8 Å². The molecule has 0 fully saturated rings. The maximum atomic E-state index is 12.7. The van der Waals surface area contributed by atoms with Crippen LogP contribution in [0.1, 0.15) is 11.1 Å². The van der Waals surface area contributed by atoms with E-state index < -0.39 is 0 Å². The molecule has 4 rings (SSSR count). The van der Waals surface area contributed by atoms with Crippen LogP contribution in [0.3, 0.4) is 0 Å². The molecule has 0 aliphatic rings. The van der Waals surface area contributed by atoms with Crippen LogP contribution in [0.25, 0.3) is 17.1 Å². The molecule has 0 aliphatic heterocycles. The van der Waals surface area contributed by atoms with E-state index in [4.69, 9.17) is 9.47 Å². The molecule has 0 spiro atoms. The number of methoxy groups -OCH3 is 2. The van der Waals surface area contributed by atoms with Crippen LogP contribution in [-0.2, 0) is 4.79 Å². The molecule has 1 aromatic heterocycles. The third kappa shape index (κ3) is 5.07. The quantitative estimate of drug-likeness (QED) is 0.349. The van der Waals surface area contributed by atoms with Gasteiger partial charge in [-0.3, -0.25) is 9.36 Å². The van der Waals surface area contributed by atoms with Gasteiger partial charge >= 0.3 is 0 Å². The van der Waals surface area contributed by atoms with E-state index in [1.807, 2.05) is 85.1 Å². The van der Waals surface area contributed by atoms with Gasteiger partial charge in [-0.25, -0.2) is 0 Å². The van der Waals surface area contributed by atoms with Gasteiger partial charge in [0.15, 0.2) is 11.0 Å². The number of carbonyl (C=O) groups is 1. The van der Waals surface area contributed by atoms with Crippen molar-refractivity contribution in [3.63, 3.8) is 0 Å². The Labute approximate surface area is 203 Å². The fourth-order valence-corrected chi connectivity index (χ4v) is 4.35. The smallest absolute Gasteiger partial charge is 0.234 e. The van der Waals surface area contributed by atoms with Crippen molar-refractivity contribution in [3.8, 4) is 28.6 Å². The molecule has 174 valence electrons. The highest BCUT2D eigenvalue weighted by molar-refractivity contribution is 7.99. The second-order valence-electron chi connectivity index (χ2n) is 7.70. The summed E-state index contributed by atoms with van der Waals surface area (Å²) in [7, 11) is 3.25. The molecule has 8 heteroatoms. The molecule has 4 aromatic rings. The molecule has 0 aliphatic carbocycles. The fourth-order valence-electron chi connectivity index (χ4n) is 3.60. The summed E-state index contributed by atoms with van der Waals surface area (Å²) in [6.07, 6.45) is 0. The van der Waals surface area contributed by atoms with Crippen LogP contribution in [-0.4, -0.2) is 40.6 Å². The Morgan fingerprint density at radius 2 is 1.74 bits per heavy atom. The first-order valence-electron chi connectivity index (χ1n) is 10.7. The monoisotopic (exact) mass is 474 g/mol. The number of hydrogen-bond acceptors (Lipinski definition) is 6. The summed E-state index contributed by atoms with van der Waals surface area (Å²) < 4.78 is 12.8. The number of para-hydroxylation sites is 1. The summed E-state index contributed by atoms with van der Waals surface area (Å²) >= 11 is 1.32. The van der Waals surface area contributed by atoms with Gasteiger partial charge in [-0.15, -0.1) is 10.2 Å². The number of aromatic nitrogens is 3. The predicted molar refractivity (Wildman–Crippen MR) is 135 cm³/mol. The summed E-state index contributed by atoms with van der Waals surface area (Å²) in [6.45, 7) is 4.01. The topological polar surface area (TPSA) is 78.3 Å². The number of carbonyl (C=O) groups excluding carboxylic acids is 1. The number of amides is 1. The highest BCUT2D eigenvalue weighted by atomic mass is 32.2. The van der Waals surface area contributed by atoms with Gasteiger partial charge in [-0.2, -0.15) is 0 Å². The maximum Gasteiger partial charge on any atom is 0.234 e. The average Bonchev–Trinajstić information content (AvgIpc) is 3.28.